The zero-order valence-electron chi connectivity index (χ0n) is 29.9. The molecular formula is C34H48N10O8. The molecule has 0 radical (unpaired) electrons. The van der Waals surface area contributed by atoms with Crippen molar-refractivity contribution in [1.82, 2.24) is 46.8 Å². The van der Waals surface area contributed by atoms with E-state index in [1.165, 1.54) is 38.2 Å². The van der Waals surface area contributed by atoms with Gasteiger partial charge in [0, 0.05) is 31.8 Å². The molecule has 0 bridgehead atoms. The summed E-state index contributed by atoms with van der Waals surface area (Å²) < 4.78 is 0. The summed E-state index contributed by atoms with van der Waals surface area (Å²) >= 11 is 0. The minimum absolute atomic E-state index is 0.00462. The van der Waals surface area contributed by atoms with Crippen molar-refractivity contribution in [2.24, 2.45) is 11.7 Å². The largest absolute Gasteiger partial charge is 0.368 e. The highest BCUT2D eigenvalue weighted by molar-refractivity contribution is 5.97. The Balaban J connectivity index is 1.62. The van der Waals surface area contributed by atoms with Gasteiger partial charge in [-0.1, -0.05) is 44.2 Å². The van der Waals surface area contributed by atoms with Crippen molar-refractivity contribution >= 4 is 47.3 Å². The van der Waals surface area contributed by atoms with E-state index in [-0.39, 0.29) is 18.9 Å². The average molecular weight is 725 g/mol. The molecule has 1 aromatic carbocycles. The molecule has 0 spiro atoms. The first-order valence-electron chi connectivity index (χ1n) is 17.0. The molecule has 1 saturated heterocycles. The molecule has 282 valence electrons. The molecular weight excluding hydrogens is 676 g/mol. The van der Waals surface area contributed by atoms with Crippen LogP contribution in [0.1, 0.15) is 64.8 Å². The van der Waals surface area contributed by atoms with Crippen LogP contribution in [-0.2, 0) is 44.8 Å². The topological polar surface area (TPSA) is 267 Å². The second-order valence-electron chi connectivity index (χ2n) is 12.9. The Morgan fingerprint density at radius 1 is 0.865 bits per heavy atom. The molecule has 6 atom stereocenters. The zero-order chi connectivity index (χ0) is 38.5. The molecule has 18 nitrogen and oxygen atoms in total. The number of imidazole rings is 1. The van der Waals surface area contributed by atoms with Crippen LogP contribution in [0.15, 0.2) is 42.9 Å². The van der Waals surface area contributed by atoms with Gasteiger partial charge < -0.3 is 47.5 Å². The number of benzene rings is 1. The fraction of sp³-hybridized carbons (Fsp3) is 0.500. The van der Waals surface area contributed by atoms with Crippen molar-refractivity contribution < 1.29 is 38.4 Å². The number of carbonyl (C=O) groups is 8. The number of primary amides is 1. The number of nitrogens with zero attached hydrogens (tertiary/aromatic N) is 2. The van der Waals surface area contributed by atoms with Gasteiger partial charge >= 0.3 is 0 Å². The quantitative estimate of drug-likeness (QED) is 0.0901. The maximum Gasteiger partial charge on any atom is 0.247 e. The lowest BCUT2D eigenvalue weighted by molar-refractivity contribution is -0.140. The van der Waals surface area contributed by atoms with E-state index in [0.717, 1.165) is 0 Å². The van der Waals surface area contributed by atoms with Crippen LogP contribution in [0.5, 0.6) is 0 Å². The number of carbonyl (C=O) groups excluding carboxylic acids is 8. The summed E-state index contributed by atoms with van der Waals surface area (Å²) in [5, 5.41) is 15.4. The van der Waals surface area contributed by atoms with Crippen LogP contribution in [0.2, 0.25) is 0 Å². The number of aromatic amines is 1. The molecule has 1 fully saturated rings. The second kappa shape index (κ2) is 19.0. The lowest BCUT2D eigenvalue weighted by Crippen LogP contribution is -2.58. The van der Waals surface area contributed by atoms with Crippen LogP contribution in [-0.4, -0.2) is 105 Å². The fourth-order valence-electron chi connectivity index (χ4n) is 5.53. The first-order valence-corrected chi connectivity index (χ1v) is 17.0. The number of nitrogens with two attached hydrogens (primary N) is 1. The average Bonchev–Trinajstić information content (AvgIpc) is 3.81. The van der Waals surface area contributed by atoms with Gasteiger partial charge in [0.2, 0.25) is 47.3 Å². The fourth-order valence-corrected chi connectivity index (χ4v) is 5.53. The van der Waals surface area contributed by atoms with Crippen LogP contribution in [0.3, 0.4) is 0 Å². The van der Waals surface area contributed by atoms with E-state index >= 15 is 0 Å². The van der Waals surface area contributed by atoms with E-state index < -0.39 is 90.1 Å². The molecule has 2 heterocycles. The van der Waals surface area contributed by atoms with Crippen molar-refractivity contribution in [1.29, 1.82) is 0 Å². The molecule has 1 aliphatic rings. The van der Waals surface area contributed by atoms with Gasteiger partial charge in [0.15, 0.2) is 0 Å². The summed E-state index contributed by atoms with van der Waals surface area (Å²) in [6.07, 6.45) is 3.70. The van der Waals surface area contributed by atoms with Crippen LogP contribution >= 0.6 is 0 Å². The van der Waals surface area contributed by atoms with Gasteiger partial charge in [0.25, 0.3) is 0 Å². The first-order chi connectivity index (χ1) is 24.6. The van der Waals surface area contributed by atoms with Gasteiger partial charge in [0.1, 0.15) is 36.3 Å². The Kier molecular flexibility index (Phi) is 14.8. The molecule has 1 unspecified atom stereocenters. The molecule has 8 amide bonds. The number of likely N-dealkylation sites (tertiary alicyclic amines) is 1. The third-order valence-electron chi connectivity index (χ3n) is 8.43. The molecule has 0 saturated carbocycles. The van der Waals surface area contributed by atoms with Gasteiger partial charge in [-0.25, -0.2) is 4.98 Å². The Hall–Kier alpha value is -5.81. The van der Waals surface area contributed by atoms with Crippen molar-refractivity contribution in [2.75, 3.05) is 13.1 Å². The summed E-state index contributed by atoms with van der Waals surface area (Å²) in [6, 6.07) is 2.06. The molecule has 3 rings (SSSR count). The number of rotatable bonds is 17. The summed E-state index contributed by atoms with van der Waals surface area (Å²) in [7, 11) is 0. The summed E-state index contributed by atoms with van der Waals surface area (Å²) in [6.45, 7) is 7.32. The lowest BCUT2D eigenvalue weighted by Gasteiger charge is -2.27. The van der Waals surface area contributed by atoms with E-state index in [0.29, 0.717) is 24.1 Å². The highest BCUT2D eigenvalue weighted by Gasteiger charge is 2.37. The van der Waals surface area contributed by atoms with Crippen LogP contribution in [0, 0.1) is 5.92 Å². The minimum Gasteiger partial charge on any atom is -0.368 e. The van der Waals surface area contributed by atoms with Crippen molar-refractivity contribution in [2.45, 2.75) is 90.1 Å². The molecule has 9 N–H and O–H groups in total. The number of nitrogens with one attached hydrogen (secondary N) is 7. The van der Waals surface area contributed by atoms with Gasteiger partial charge in [-0.3, -0.25) is 38.4 Å². The Bertz CT molecular complexity index is 1600. The number of amides is 8. The molecule has 18 heteroatoms. The monoisotopic (exact) mass is 724 g/mol. The van der Waals surface area contributed by atoms with Crippen molar-refractivity contribution in [3.63, 3.8) is 0 Å². The van der Waals surface area contributed by atoms with E-state index in [2.05, 4.69) is 41.9 Å². The molecule has 0 aliphatic carbocycles. The van der Waals surface area contributed by atoms with Gasteiger partial charge in [-0.2, -0.15) is 0 Å². The normalized spacial score (nSPS) is 16.7. The lowest BCUT2D eigenvalue weighted by atomic mass is 10.0. The summed E-state index contributed by atoms with van der Waals surface area (Å²) in [5.74, 6) is -5.26. The predicted octanol–water partition coefficient (Wildman–Crippen LogP) is -1.94. The maximum absolute atomic E-state index is 13.5. The Labute approximate surface area is 301 Å². The third-order valence-corrected chi connectivity index (χ3v) is 8.43. The van der Waals surface area contributed by atoms with Crippen LogP contribution < -0.4 is 37.6 Å². The number of hydrogen-bond donors (Lipinski definition) is 8. The van der Waals surface area contributed by atoms with Crippen molar-refractivity contribution in [3.05, 3.63) is 54.1 Å². The van der Waals surface area contributed by atoms with E-state index in [1.807, 2.05) is 0 Å². The Morgan fingerprint density at radius 3 is 2.13 bits per heavy atom. The molecule has 2 aromatic rings. The van der Waals surface area contributed by atoms with Gasteiger partial charge in [-0.15, -0.1) is 0 Å². The number of H-pyrrole nitrogens is 1. The first kappa shape index (κ1) is 40.6. The minimum atomic E-state index is -1.18. The summed E-state index contributed by atoms with van der Waals surface area (Å²) in [5.41, 5.74) is 6.27. The predicted molar refractivity (Wildman–Crippen MR) is 186 cm³/mol. The molecule has 1 aromatic heterocycles. The Morgan fingerprint density at radius 2 is 1.54 bits per heavy atom. The molecule has 52 heavy (non-hydrogen) atoms. The van der Waals surface area contributed by atoms with E-state index in [1.54, 1.807) is 44.2 Å². The SMILES string of the molecule is CC(=O)N[C@H](C(=O)N[C@@H](Cc1cnc[nH]1)C(=O)N[C@@H](C)C(=O)NCC(=O)N1CCC[C@H]1C(=O)NC(C(=O)N[C@@H](C)C(N)=O)c1ccccc1)C(C)C. The van der Waals surface area contributed by atoms with Crippen LogP contribution in [0.25, 0.3) is 0 Å². The van der Waals surface area contributed by atoms with E-state index in [4.69, 9.17) is 5.73 Å². The second-order valence-corrected chi connectivity index (χ2v) is 12.9. The van der Waals surface area contributed by atoms with Crippen molar-refractivity contribution in [3.8, 4) is 0 Å². The van der Waals surface area contributed by atoms with Gasteiger partial charge in [-0.05, 0) is 38.2 Å². The number of aromatic nitrogens is 2. The smallest absolute Gasteiger partial charge is 0.247 e. The van der Waals surface area contributed by atoms with E-state index in [9.17, 15) is 38.4 Å². The van der Waals surface area contributed by atoms with Crippen LogP contribution in [0.4, 0.5) is 0 Å². The molecule has 1 aliphatic heterocycles. The highest BCUT2D eigenvalue weighted by Crippen LogP contribution is 2.20. The highest BCUT2D eigenvalue weighted by atomic mass is 16.2. The number of hydrogen-bond acceptors (Lipinski definition) is 9. The van der Waals surface area contributed by atoms with Gasteiger partial charge in [0.05, 0.1) is 12.9 Å². The standard InChI is InChI=1S/C34H48N10O8/c1-18(2)27(41-21(5)45)33(51)42-24(14-23-15-36-17-38-23)31(49)40-20(4)30(48)37-16-26(46)44-13-9-12-25(44)32(50)43-28(22-10-7-6-8-11-22)34(52)39-19(3)29(35)47/h6-8,10-11,15,17-20,24-25,27-28H,9,12-14,16H2,1-5H3,(H2,35,47)(H,36,38)(H,37,48)(H,39,52)(H,40,49)(H,41,45)(H,42,51)(H,43,50)/t19-,20-,24-,25-,27-,28?/m0/s1. The maximum atomic E-state index is 13.5. The third kappa shape index (κ3) is 11.6. The summed E-state index contributed by atoms with van der Waals surface area (Å²) in [4.78, 5) is 111. The zero-order valence-corrected chi connectivity index (χ0v) is 29.9.